The Kier molecular flexibility index (Phi) is 7.42. The predicted octanol–water partition coefficient (Wildman–Crippen LogP) is 3.34. The molecule has 1 unspecified atom stereocenters. The lowest BCUT2D eigenvalue weighted by Gasteiger charge is -2.28. The van der Waals surface area contributed by atoms with Gasteiger partial charge in [-0.25, -0.2) is 4.79 Å². The maximum absolute atomic E-state index is 11.6. The normalized spacial score (nSPS) is 15.2. The summed E-state index contributed by atoms with van der Waals surface area (Å²) in [4.78, 5) is 11.6. The summed E-state index contributed by atoms with van der Waals surface area (Å²) in [6, 6.07) is 0. The van der Waals surface area contributed by atoms with Crippen LogP contribution in [-0.2, 0) is 4.74 Å². The zero-order valence-electron chi connectivity index (χ0n) is 13.4. The van der Waals surface area contributed by atoms with Gasteiger partial charge < -0.3 is 15.2 Å². The minimum absolute atomic E-state index is 0.0703. The number of carbonyl (C=O) groups is 1. The molecule has 4 nitrogen and oxygen atoms in total. The smallest absolute Gasteiger partial charge is 0.407 e. The highest BCUT2D eigenvalue weighted by molar-refractivity contribution is 5.67. The molecule has 0 fully saturated rings. The van der Waals surface area contributed by atoms with Crippen LogP contribution in [0.5, 0.6) is 0 Å². The van der Waals surface area contributed by atoms with Crippen LogP contribution in [0, 0.1) is 11.3 Å². The van der Waals surface area contributed by atoms with Crippen LogP contribution in [0.25, 0.3) is 0 Å². The third-order valence-corrected chi connectivity index (χ3v) is 3.00. The van der Waals surface area contributed by atoms with E-state index in [2.05, 4.69) is 19.2 Å². The van der Waals surface area contributed by atoms with E-state index in [-0.39, 0.29) is 12.0 Å². The van der Waals surface area contributed by atoms with Crippen molar-refractivity contribution in [1.29, 1.82) is 0 Å². The Morgan fingerprint density at radius 1 is 1.26 bits per heavy atom. The molecule has 0 aromatic heterocycles. The molecule has 4 heteroatoms. The average Bonchev–Trinajstić information content (AvgIpc) is 2.24. The van der Waals surface area contributed by atoms with E-state index in [0.29, 0.717) is 12.5 Å². The number of rotatable bonds is 7. The lowest BCUT2D eigenvalue weighted by Crippen LogP contribution is -2.40. The predicted molar refractivity (Wildman–Crippen MR) is 78.1 cm³/mol. The van der Waals surface area contributed by atoms with Crippen LogP contribution >= 0.6 is 0 Å². The molecular weight excluding hydrogens is 242 g/mol. The van der Waals surface area contributed by atoms with Gasteiger partial charge in [0, 0.05) is 12.0 Å². The van der Waals surface area contributed by atoms with Gasteiger partial charge in [-0.05, 0) is 33.1 Å². The summed E-state index contributed by atoms with van der Waals surface area (Å²) in [7, 11) is 0. The first kappa shape index (κ1) is 18.2. The van der Waals surface area contributed by atoms with E-state index in [1.165, 1.54) is 0 Å². The average molecular weight is 273 g/mol. The molecule has 1 atom stereocenters. The molecule has 0 spiro atoms. The largest absolute Gasteiger partial charge is 0.444 e. The third-order valence-electron chi connectivity index (χ3n) is 3.00. The monoisotopic (exact) mass is 273 g/mol. The first-order chi connectivity index (χ1) is 8.58. The molecule has 0 aliphatic rings. The van der Waals surface area contributed by atoms with Gasteiger partial charge in [0.05, 0.1) is 6.61 Å². The van der Waals surface area contributed by atoms with E-state index >= 15 is 0 Å². The van der Waals surface area contributed by atoms with E-state index < -0.39 is 11.7 Å². The molecule has 0 rings (SSSR count). The van der Waals surface area contributed by atoms with Crippen LogP contribution in [0.1, 0.15) is 60.8 Å². The summed E-state index contributed by atoms with van der Waals surface area (Å²) in [6.45, 7) is 12.4. The number of aliphatic hydroxyl groups excluding tert-OH is 1. The van der Waals surface area contributed by atoms with Crippen molar-refractivity contribution in [2.75, 3.05) is 13.2 Å². The third kappa shape index (κ3) is 9.77. The van der Waals surface area contributed by atoms with Gasteiger partial charge in [0.1, 0.15) is 5.60 Å². The zero-order chi connectivity index (χ0) is 15.1. The number of carbonyl (C=O) groups excluding carboxylic acids is 1. The van der Waals surface area contributed by atoms with Crippen LogP contribution < -0.4 is 5.32 Å². The van der Waals surface area contributed by atoms with E-state index in [0.717, 1.165) is 19.3 Å². The molecule has 0 saturated carbocycles. The quantitative estimate of drug-likeness (QED) is 0.748. The second kappa shape index (κ2) is 7.73. The van der Waals surface area contributed by atoms with Crippen molar-refractivity contribution in [3.8, 4) is 0 Å². The fourth-order valence-electron chi connectivity index (χ4n) is 1.76. The number of hydrogen-bond acceptors (Lipinski definition) is 3. The Morgan fingerprint density at radius 2 is 1.84 bits per heavy atom. The maximum Gasteiger partial charge on any atom is 0.407 e. The Hall–Kier alpha value is -0.770. The van der Waals surface area contributed by atoms with Gasteiger partial charge in [-0.15, -0.1) is 0 Å². The lowest BCUT2D eigenvalue weighted by molar-refractivity contribution is 0.0470. The molecule has 0 saturated heterocycles. The molecule has 0 heterocycles. The zero-order valence-corrected chi connectivity index (χ0v) is 13.4. The van der Waals surface area contributed by atoms with Crippen molar-refractivity contribution in [2.24, 2.45) is 11.3 Å². The van der Waals surface area contributed by atoms with Crippen molar-refractivity contribution in [3.63, 3.8) is 0 Å². The first-order valence-corrected chi connectivity index (χ1v) is 7.16. The Morgan fingerprint density at radius 3 is 2.26 bits per heavy atom. The first-order valence-electron chi connectivity index (χ1n) is 7.16. The van der Waals surface area contributed by atoms with Gasteiger partial charge in [-0.3, -0.25) is 0 Å². The number of aliphatic hydroxyl groups is 1. The van der Waals surface area contributed by atoms with Crippen molar-refractivity contribution >= 4 is 6.09 Å². The van der Waals surface area contributed by atoms with Crippen molar-refractivity contribution in [2.45, 2.75) is 66.4 Å². The Balaban J connectivity index is 4.13. The fourth-order valence-corrected chi connectivity index (χ4v) is 1.76. The van der Waals surface area contributed by atoms with Gasteiger partial charge in [-0.1, -0.05) is 33.6 Å². The highest BCUT2D eigenvalue weighted by atomic mass is 16.6. The van der Waals surface area contributed by atoms with E-state index in [1.54, 1.807) is 0 Å². The summed E-state index contributed by atoms with van der Waals surface area (Å²) in [5, 5.41) is 12.3. The van der Waals surface area contributed by atoms with E-state index in [1.807, 2.05) is 27.7 Å². The number of ether oxygens (including phenoxy) is 1. The summed E-state index contributed by atoms with van der Waals surface area (Å²) >= 11 is 0. The van der Waals surface area contributed by atoms with Crippen molar-refractivity contribution < 1.29 is 14.6 Å². The lowest BCUT2D eigenvalue weighted by atomic mass is 9.84. The maximum atomic E-state index is 11.6. The molecule has 0 aromatic carbocycles. The summed E-state index contributed by atoms with van der Waals surface area (Å²) in [5.41, 5.74) is -0.761. The summed E-state index contributed by atoms with van der Waals surface area (Å²) in [6.07, 6.45) is 2.68. The van der Waals surface area contributed by atoms with Crippen LogP contribution in [0.4, 0.5) is 4.79 Å². The molecule has 0 bridgehead atoms. The molecule has 0 aromatic rings. The topological polar surface area (TPSA) is 58.6 Å². The summed E-state index contributed by atoms with van der Waals surface area (Å²) < 4.78 is 5.19. The minimum atomic E-state index is -0.489. The van der Waals surface area contributed by atoms with Crippen molar-refractivity contribution in [3.05, 3.63) is 0 Å². The second-order valence-electron chi connectivity index (χ2n) is 7.11. The van der Waals surface area contributed by atoms with E-state index in [4.69, 9.17) is 4.74 Å². The molecule has 2 N–H and O–H groups in total. The van der Waals surface area contributed by atoms with Gasteiger partial charge in [0.15, 0.2) is 0 Å². The van der Waals surface area contributed by atoms with Gasteiger partial charge in [0.2, 0.25) is 0 Å². The molecular formula is C15H31NO3. The number of nitrogens with one attached hydrogen (secondary N) is 1. The minimum Gasteiger partial charge on any atom is -0.444 e. The molecule has 0 aliphatic carbocycles. The van der Waals surface area contributed by atoms with Gasteiger partial charge in [0.25, 0.3) is 0 Å². The molecule has 0 aliphatic heterocycles. The molecule has 0 radical (unpaired) electrons. The van der Waals surface area contributed by atoms with Crippen LogP contribution in [0.3, 0.4) is 0 Å². The number of amides is 1. The van der Waals surface area contributed by atoms with Crippen LogP contribution in [0.15, 0.2) is 0 Å². The number of hydrogen-bond donors (Lipinski definition) is 2. The van der Waals surface area contributed by atoms with Gasteiger partial charge in [-0.2, -0.15) is 0 Å². The fraction of sp³-hybridized carbons (Fsp3) is 0.933. The van der Waals surface area contributed by atoms with E-state index in [9.17, 15) is 9.90 Å². The van der Waals surface area contributed by atoms with Gasteiger partial charge >= 0.3 is 6.09 Å². The SMILES string of the molecule is CC(C)CCCC(C)(CO)CNC(=O)OC(C)(C)C. The Labute approximate surface area is 117 Å². The standard InChI is InChI=1S/C15H31NO3/c1-12(2)8-7-9-15(6,11-17)10-16-13(18)19-14(3,4)5/h12,17H,7-11H2,1-6H3,(H,16,18). The van der Waals surface area contributed by atoms with Crippen LogP contribution in [-0.4, -0.2) is 30.0 Å². The van der Waals surface area contributed by atoms with Crippen molar-refractivity contribution in [1.82, 2.24) is 5.32 Å². The van der Waals surface area contributed by atoms with Crippen LogP contribution in [0.2, 0.25) is 0 Å². The second-order valence-corrected chi connectivity index (χ2v) is 7.11. The molecule has 1 amide bonds. The highest BCUT2D eigenvalue weighted by Crippen LogP contribution is 2.24. The molecule has 19 heavy (non-hydrogen) atoms. The highest BCUT2D eigenvalue weighted by Gasteiger charge is 2.25. The Bertz CT molecular complexity index is 271. The number of alkyl carbamates (subject to hydrolysis) is 1. The molecule has 114 valence electrons. The summed E-state index contributed by atoms with van der Waals surface area (Å²) in [5.74, 6) is 0.668.